The van der Waals surface area contributed by atoms with Gasteiger partial charge < -0.3 is 10.2 Å². The van der Waals surface area contributed by atoms with Gasteiger partial charge in [-0.15, -0.1) is 0 Å². The van der Waals surface area contributed by atoms with Crippen LogP contribution in [0.15, 0.2) is 23.0 Å². The summed E-state index contributed by atoms with van der Waals surface area (Å²) < 4.78 is 0. The lowest BCUT2D eigenvalue weighted by molar-refractivity contribution is -0.116. The van der Waals surface area contributed by atoms with Gasteiger partial charge in [0.2, 0.25) is 11.9 Å². The highest BCUT2D eigenvalue weighted by molar-refractivity contribution is 6.36. The number of hydrogen-bond acceptors (Lipinski definition) is 4. The van der Waals surface area contributed by atoms with E-state index < -0.39 is 5.92 Å². The minimum Gasteiger partial charge on any atom is -0.342 e. The first kappa shape index (κ1) is 18.3. The Morgan fingerprint density at radius 2 is 1.78 bits per heavy atom. The van der Waals surface area contributed by atoms with Crippen LogP contribution in [0.5, 0.6) is 0 Å². The molecule has 0 aliphatic carbocycles. The minimum atomic E-state index is -0.526. The SMILES string of the molecule is CC1CCN(c2nc3c(c(=O)[nH]2)C(c2c(Cl)cccc2Cl)CC(=O)N3)CC1. The zero-order valence-corrected chi connectivity index (χ0v) is 16.4. The van der Waals surface area contributed by atoms with Crippen LogP contribution in [0.3, 0.4) is 0 Å². The first-order valence-electron chi connectivity index (χ1n) is 9.07. The van der Waals surface area contributed by atoms with Gasteiger partial charge in [-0.25, -0.2) is 0 Å². The van der Waals surface area contributed by atoms with Crippen molar-refractivity contribution < 1.29 is 4.79 Å². The highest BCUT2D eigenvalue weighted by Crippen LogP contribution is 2.41. The van der Waals surface area contributed by atoms with E-state index in [0.717, 1.165) is 25.9 Å². The van der Waals surface area contributed by atoms with Gasteiger partial charge in [-0.3, -0.25) is 14.6 Å². The second-order valence-electron chi connectivity index (χ2n) is 7.26. The Kier molecular flexibility index (Phi) is 4.86. The Hall–Kier alpha value is -2.05. The molecule has 8 heteroatoms. The number of carbonyl (C=O) groups excluding carboxylic acids is 1. The third kappa shape index (κ3) is 3.44. The molecule has 2 N–H and O–H groups in total. The summed E-state index contributed by atoms with van der Waals surface area (Å²) in [6.07, 6.45) is 2.19. The Morgan fingerprint density at radius 1 is 1.11 bits per heavy atom. The van der Waals surface area contributed by atoms with E-state index in [4.69, 9.17) is 23.2 Å². The Morgan fingerprint density at radius 3 is 2.44 bits per heavy atom. The highest BCUT2D eigenvalue weighted by Gasteiger charge is 2.34. The number of H-pyrrole nitrogens is 1. The van der Waals surface area contributed by atoms with Crippen molar-refractivity contribution in [1.29, 1.82) is 0 Å². The maximum atomic E-state index is 12.9. The third-order valence-corrected chi connectivity index (χ3v) is 6.03. The minimum absolute atomic E-state index is 0.0990. The molecule has 2 aliphatic heterocycles. The second-order valence-corrected chi connectivity index (χ2v) is 8.08. The number of nitrogens with zero attached hydrogens (tertiary/aromatic N) is 2. The Labute approximate surface area is 166 Å². The number of hydrogen-bond donors (Lipinski definition) is 2. The van der Waals surface area contributed by atoms with Crippen LogP contribution in [0.2, 0.25) is 10.0 Å². The maximum Gasteiger partial charge on any atom is 0.258 e. The summed E-state index contributed by atoms with van der Waals surface area (Å²) in [4.78, 5) is 34.8. The molecule has 0 radical (unpaired) electrons. The van der Waals surface area contributed by atoms with Crippen molar-refractivity contribution in [1.82, 2.24) is 9.97 Å². The third-order valence-electron chi connectivity index (χ3n) is 5.37. The molecule has 0 saturated carbocycles. The summed E-state index contributed by atoms with van der Waals surface area (Å²) in [6, 6.07) is 5.15. The largest absolute Gasteiger partial charge is 0.342 e. The van der Waals surface area contributed by atoms with Gasteiger partial charge in [-0.05, 0) is 36.5 Å². The van der Waals surface area contributed by atoms with Crippen molar-refractivity contribution in [3.63, 3.8) is 0 Å². The number of aromatic nitrogens is 2. The van der Waals surface area contributed by atoms with E-state index in [9.17, 15) is 9.59 Å². The monoisotopic (exact) mass is 406 g/mol. The molecule has 0 spiro atoms. The molecule has 1 aromatic heterocycles. The molecule has 2 aromatic rings. The zero-order chi connectivity index (χ0) is 19.1. The molecule has 4 rings (SSSR count). The maximum absolute atomic E-state index is 12.9. The molecule has 142 valence electrons. The van der Waals surface area contributed by atoms with Crippen LogP contribution < -0.4 is 15.8 Å². The fraction of sp³-hybridized carbons (Fsp3) is 0.421. The number of carbonyl (C=O) groups is 1. The van der Waals surface area contributed by atoms with Gasteiger partial charge in [-0.2, -0.15) is 4.98 Å². The summed E-state index contributed by atoms with van der Waals surface area (Å²) in [6.45, 7) is 3.88. The lowest BCUT2D eigenvalue weighted by atomic mass is 9.86. The quantitative estimate of drug-likeness (QED) is 0.794. The molecule has 1 atom stereocenters. The van der Waals surface area contributed by atoms with Crippen molar-refractivity contribution in [2.45, 2.75) is 32.1 Å². The molecular weight excluding hydrogens is 387 g/mol. The molecule has 0 bridgehead atoms. The van der Waals surface area contributed by atoms with Gasteiger partial charge in [0.25, 0.3) is 5.56 Å². The van der Waals surface area contributed by atoms with Gasteiger partial charge in [0, 0.05) is 35.5 Å². The second kappa shape index (κ2) is 7.17. The van der Waals surface area contributed by atoms with Gasteiger partial charge in [0.05, 0.1) is 5.56 Å². The predicted octanol–water partition coefficient (Wildman–Crippen LogP) is 3.79. The summed E-state index contributed by atoms with van der Waals surface area (Å²) >= 11 is 12.7. The molecule has 27 heavy (non-hydrogen) atoms. The summed E-state index contributed by atoms with van der Waals surface area (Å²) in [5.41, 5.74) is 0.720. The smallest absolute Gasteiger partial charge is 0.258 e. The normalized spacial score (nSPS) is 20.3. The molecule has 1 unspecified atom stereocenters. The van der Waals surface area contributed by atoms with Crippen molar-refractivity contribution in [3.8, 4) is 0 Å². The van der Waals surface area contributed by atoms with Gasteiger partial charge in [0.1, 0.15) is 5.82 Å². The van der Waals surface area contributed by atoms with Crippen molar-refractivity contribution in [3.05, 3.63) is 49.7 Å². The highest BCUT2D eigenvalue weighted by atomic mass is 35.5. The number of benzene rings is 1. The Balaban J connectivity index is 1.79. The van der Waals surface area contributed by atoms with Crippen LogP contribution in [-0.2, 0) is 4.79 Å². The fourth-order valence-corrected chi connectivity index (χ4v) is 4.48. The van der Waals surface area contributed by atoms with Crippen LogP contribution in [0.25, 0.3) is 0 Å². The van der Waals surface area contributed by atoms with E-state index in [0.29, 0.717) is 38.9 Å². The number of halogens is 2. The molecule has 1 amide bonds. The van der Waals surface area contributed by atoms with E-state index in [-0.39, 0.29) is 17.9 Å². The number of nitrogens with one attached hydrogen (secondary N) is 2. The molecular formula is C19H20Cl2N4O2. The summed E-state index contributed by atoms with van der Waals surface area (Å²) in [5, 5.41) is 3.61. The number of piperidine rings is 1. The van der Waals surface area contributed by atoms with E-state index in [2.05, 4.69) is 27.1 Å². The van der Waals surface area contributed by atoms with Crippen LogP contribution in [-0.4, -0.2) is 29.0 Å². The molecule has 6 nitrogen and oxygen atoms in total. The van der Waals surface area contributed by atoms with Gasteiger partial charge >= 0.3 is 0 Å². The number of anilines is 2. The number of aromatic amines is 1. The summed E-state index contributed by atoms with van der Waals surface area (Å²) in [7, 11) is 0. The Bertz CT molecular complexity index is 931. The predicted molar refractivity (Wildman–Crippen MR) is 107 cm³/mol. The average molecular weight is 407 g/mol. The van der Waals surface area contributed by atoms with Crippen molar-refractivity contribution in [2.24, 2.45) is 5.92 Å². The standard InChI is InChI=1S/C19H20Cl2N4O2/c1-10-5-7-25(8-6-10)19-23-17-16(18(27)24-19)11(9-14(26)22-17)15-12(20)3-2-4-13(15)21/h2-4,10-11H,5-9H2,1H3,(H2,22,23,24,26,27). The first-order chi connectivity index (χ1) is 12.9. The fourth-order valence-electron chi connectivity index (χ4n) is 3.82. The molecule has 1 saturated heterocycles. The number of amides is 1. The number of fused-ring (bicyclic) bond motifs is 1. The van der Waals surface area contributed by atoms with Crippen molar-refractivity contribution in [2.75, 3.05) is 23.3 Å². The van der Waals surface area contributed by atoms with E-state index in [1.54, 1.807) is 18.2 Å². The lowest BCUT2D eigenvalue weighted by Crippen LogP contribution is -2.37. The van der Waals surface area contributed by atoms with Crippen LogP contribution in [0.1, 0.15) is 43.2 Å². The lowest BCUT2D eigenvalue weighted by Gasteiger charge is -2.32. The first-order valence-corrected chi connectivity index (χ1v) is 9.82. The van der Waals surface area contributed by atoms with Crippen molar-refractivity contribution >= 4 is 40.9 Å². The van der Waals surface area contributed by atoms with Crippen LogP contribution >= 0.6 is 23.2 Å². The van der Waals surface area contributed by atoms with E-state index in [1.165, 1.54) is 0 Å². The van der Waals surface area contributed by atoms with Crippen LogP contribution in [0, 0.1) is 5.92 Å². The van der Waals surface area contributed by atoms with Crippen LogP contribution in [0.4, 0.5) is 11.8 Å². The molecule has 3 heterocycles. The molecule has 1 aromatic carbocycles. The number of rotatable bonds is 2. The van der Waals surface area contributed by atoms with Gasteiger partial charge in [-0.1, -0.05) is 36.2 Å². The summed E-state index contributed by atoms with van der Waals surface area (Å²) in [5.74, 6) is 0.722. The molecule has 1 fully saturated rings. The molecule has 2 aliphatic rings. The van der Waals surface area contributed by atoms with E-state index >= 15 is 0 Å². The van der Waals surface area contributed by atoms with E-state index in [1.807, 2.05) is 0 Å². The topological polar surface area (TPSA) is 78.1 Å². The zero-order valence-electron chi connectivity index (χ0n) is 14.9. The average Bonchev–Trinajstić information content (AvgIpc) is 2.61. The van der Waals surface area contributed by atoms with Gasteiger partial charge in [0.15, 0.2) is 0 Å².